The number of thiol groups is 1. The first kappa shape index (κ1) is 12.3. The lowest BCUT2D eigenvalue weighted by Gasteiger charge is -2.25. The Morgan fingerprint density at radius 1 is 1.67 bits per heavy atom. The van der Waals surface area contributed by atoms with Crippen LogP contribution in [0.4, 0.5) is 0 Å². The summed E-state index contributed by atoms with van der Waals surface area (Å²) in [4.78, 5) is 24.6. The first-order valence-corrected chi connectivity index (χ1v) is 5.60. The Balaban J connectivity index is 2.68. The lowest BCUT2D eigenvalue weighted by Crippen LogP contribution is -2.47. The van der Waals surface area contributed by atoms with Gasteiger partial charge in [-0.2, -0.15) is 12.6 Å². The van der Waals surface area contributed by atoms with Crippen molar-refractivity contribution in [2.75, 3.05) is 12.3 Å². The number of hydrogen-bond donors (Lipinski definition) is 3. The summed E-state index contributed by atoms with van der Waals surface area (Å²) >= 11 is 4.05. The molecule has 1 unspecified atom stereocenters. The SMILES string of the molecule is CC(CS)C(=O)N1CCC[C@H]1C(=O)NO. The zero-order valence-electron chi connectivity index (χ0n) is 8.64. The second-order valence-electron chi connectivity index (χ2n) is 3.75. The van der Waals surface area contributed by atoms with Gasteiger partial charge in [0.2, 0.25) is 5.91 Å². The fourth-order valence-corrected chi connectivity index (χ4v) is 1.89. The molecule has 0 saturated carbocycles. The summed E-state index contributed by atoms with van der Waals surface area (Å²) in [5, 5.41) is 8.54. The second-order valence-corrected chi connectivity index (χ2v) is 4.11. The van der Waals surface area contributed by atoms with Gasteiger partial charge in [0.15, 0.2) is 0 Å². The monoisotopic (exact) mass is 232 g/mol. The van der Waals surface area contributed by atoms with Gasteiger partial charge in [-0.15, -0.1) is 0 Å². The van der Waals surface area contributed by atoms with Gasteiger partial charge in [-0.25, -0.2) is 5.48 Å². The predicted molar refractivity (Wildman–Crippen MR) is 57.7 cm³/mol. The van der Waals surface area contributed by atoms with Gasteiger partial charge >= 0.3 is 0 Å². The van der Waals surface area contributed by atoms with Crippen molar-refractivity contribution in [1.82, 2.24) is 10.4 Å². The molecule has 0 aromatic carbocycles. The minimum atomic E-state index is -0.523. The summed E-state index contributed by atoms with van der Waals surface area (Å²) in [5.41, 5.74) is 1.60. The Bertz CT molecular complexity index is 260. The molecule has 2 amide bonds. The van der Waals surface area contributed by atoms with Crippen LogP contribution in [-0.2, 0) is 9.59 Å². The number of hydroxylamine groups is 1. The highest BCUT2D eigenvalue weighted by Gasteiger charge is 2.35. The smallest absolute Gasteiger partial charge is 0.266 e. The van der Waals surface area contributed by atoms with E-state index in [0.29, 0.717) is 18.7 Å². The van der Waals surface area contributed by atoms with E-state index in [2.05, 4.69) is 12.6 Å². The van der Waals surface area contributed by atoms with Gasteiger partial charge in [0.1, 0.15) is 6.04 Å². The molecule has 1 heterocycles. The number of hydrogen-bond acceptors (Lipinski definition) is 4. The summed E-state index contributed by atoms with van der Waals surface area (Å²) in [6, 6.07) is -0.523. The molecular formula is C9H16N2O3S. The van der Waals surface area contributed by atoms with E-state index in [4.69, 9.17) is 5.21 Å². The maximum atomic E-state index is 11.8. The molecule has 2 atom stereocenters. The Morgan fingerprint density at radius 2 is 2.33 bits per heavy atom. The number of rotatable bonds is 3. The van der Waals surface area contributed by atoms with Crippen molar-refractivity contribution in [3.63, 3.8) is 0 Å². The van der Waals surface area contributed by atoms with Crippen LogP contribution in [0.25, 0.3) is 0 Å². The van der Waals surface area contributed by atoms with Crippen molar-refractivity contribution in [2.24, 2.45) is 5.92 Å². The molecule has 0 aromatic rings. The lowest BCUT2D eigenvalue weighted by atomic mass is 10.1. The summed E-state index contributed by atoms with van der Waals surface area (Å²) in [6.07, 6.45) is 1.40. The standard InChI is InChI=1S/C9H16N2O3S/c1-6(5-15)9(13)11-4-2-3-7(11)8(12)10-14/h6-7,14-15H,2-5H2,1H3,(H,10,12)/t6?,7-/m0/s1. The molecule has 5 nitrogen and oxygen atoms in total. The van der Waals surface area contributed by atoms with Gasteiger partial charge in [0.25, 0.3) is 5.91 Å². The number of likely N-dealkylation sites (tertiary alicyclic amines) is 1. The summed E-state index contributed by atoms with van der Waals surface area (Å²) in [6.45, 7) is 2.36. The van der Waals surface area contributed by atoms with Crippen molar-refractivity contribution >= 4 is 24.4 Å². The molecule has 0 radical (unpaired) electrons. The largest absolute Gasteiger partial charge is 0.330 e. The van der Waals surface area contributed by atoms with Crippen LogP contribution in [0.1, 0.15) is 19.8 Å². The van der Waals surface area contributed by atoms with Crippen LogP contribution < -0.4 is 5.48 Å². The molecule has 86 valence electrons. The van der Waals surface area contributed by atoms with Crippen LogP contribution in [-0.4, -0.2) is 40.3 Å². The Morgan fingerprint density at radius 3 is 2.87 bits per heavy atom. The maximum absolute atomic E-state index is 11.8. The van der Waals surface area contributed by atoms with E-state index < -0.39 is 11.9 Å². The van der Waals surface area contributed by atoms with Gasteiger partial charge in [0, 0.05) is 18.2 Å². The average molecular weight is 232 g/mol. The lowest BCUT2D eigenvalue weighted by molar-refractivity contribution is -0.144. The Kier molecular flexibility index (Phi) is 4.41. The number of amides is 2. The number of carbonyl (C=O) groups excluding carboxylic acids is 2. The van der Waals surface area contributed by atoms with E-state index in [0.717, 1.165) is 6.42 Å². The van der Waals surface area contributed by atoms with Gasteiger partial charge in [-0.1, -0.05) is 6.92 Å². The van der Waals surface area contributed by atoms with Crippen LogP contribution in [0.5, 0.6) is 0 Å². The van der Waals surface area contributed by atoms with Crippen LogP contribution in [0.3, 0.4) is 0 Å². The molecule has 0 spiro atoms. The molecule has 1 aliphatic rings. The minimum Gasteiger partial charge on any atom is -0.330 e. The zero-order chi connectivity index (χ0) is 11.4. The van der Waals surface area contributed by atoms with E-state index in [1.54, 1.807) is 12.4 Å². The highest BCUT2D eigenvalue weighted by molar-refractivity contribution is 7.80. The second kappa shape index (κ2) is 5.37. The quantitative estimate of drug-likeness (QED) is 0.366. The highest BCUT2D eigenvalue weighted by Crippen LogP contribution is 2.20. The van der Waals surface area contributed by atoms with Gasteiger partial charge in [0.05, 0.1) is 0 Å². The van der Waals surface area contributed by atoms with Crippen molar-refractivity contribution in [3.8, 4) is 0 Å². The summed E-state index contributed by atoms with van der Waals surface area (Å²) in [7, 11) is 0. The Labute approximate surface area is 94.2 Å². The normalized spacial score (nSPS) is 22.6. The highest BCUT2D eigenvalue weighted by atomic mass is 32.1. The number of carbonyl (C=O) groups is 2. The molecule has 2 N–H and O–H groups in total. The first-order chi connectivity index (χ1) is 7.11. The van der Waals surface area contributed by atoms with Gasteiger partial charge in [-0.05, 0) is 12.8 Å². The third kappa shape index (κ3) is 2.63. The van der Waals surface area contributed by atoms with Gasteiger partial charge < -0.3 is 4.90 Å². The summed E-state index contributed by atoms with van der Waals surface area (Å²) < 4.78 is 0. The van der Waals surface area contributed by atoms with Crippen molar-refractivity contribution in [1.29, 1.82) is 0 Å². The molecule has 1 fully saturated rings. The van der Waals surface area contributed by atoms with E-state index in [1.807, 2.05) is 0 Å². The molecule has 0 aliphatic carbocycles. The first-order valence-electron chi connectivity index (χ1n) is 4.97. The van der Waals surface area contributed by atoms with E-state index >= 15 is 0 Å². The van der Waals surface area contributed by atoms with Crippen molar-refractivity contribution in [2.45, 2.75) is 25.8 Å². The fraction of sp³-hybridized carbons (Fsp3) is 0.778. The van der Waals surface area contributed by atoms with Crippen LogP contribution in [0.2, 0.25) is 0 Å². The molecule has 0 bridgehead atoms. The van der Waals surface area contributed by atoms with E-state index in [1.165, 1.54) is 4.90 Å². The van der Waals surface area contributed by atoms with Crippen LogP contribution in [0.15, 0.2) is 0 Å². The molecule has 1 aliphatic heterocycles. The minimum absolute atomic E-state index is 0.0731. The van der Waals surface area contributed by atoms with Crippen molar-refractivity contribution in [3.05, 3.63) is 0 Å². The molecule has 15 heavy (non-hydrogen) atoms. The molecule has 1 saturated heterocycles. The molecule has 0 aromatic heterocycles. The molecule has 1 rings (SSSR count). The van der Waals surface area contributed by atoms with Crippen molar-refractivity contribution < 1.29 is 14.8 Å². The number of nitrogens with zero attached hydrogens (tertiary/aromatic N) is 1. The fourth-order valence-electron chi connectivity index (χ4n) is 1.74. The topological polar surface area (TPSA) is 69.6 Å². The maximum Gasteiger partial charge on any atom is 0.266 e. The number of nitrogens with one attached hydrogen (secondary N) is 1. The molecular weight excluding hydrogens is 216 g/mol. The van der Waals surface area contributed by atoms with Gasteiger partial charge in [-0.3, -0.25) is 14.8 Å². The third-order valence-electron chi connectivity index (χ3n) is 2.64. The Hall–Kier alpha value is -0.750. The molecule has 6 heteroatoms. The average Bonchev–Trinajstić information content (AvgIpc) is 2.74. The van der Waals surface area contributed by atoms with Crippen LogP contribution in [0, 0.1) is 5.92 Å². The predicted octanol–water partition coefficient (Wildman–Crippen LogP) is 0.0487. The summed E-state index contributed by atoms with van der Waals surface area (Å²) in [5.74, 6) is -0.313. The zero-order valence-corrected chi connectivity index (χ0v) is 9.54. The third-order valence-corrected chi connectivity index (χ3v) is 3.19. The van der Waals surface area contributed by atoms with Crippen LogP contribution >= 0.6 is 12.6 Å². The van der Waals surface area contributed by atoms with E-state index in [9.17, 15) is 9.59 Å². The van der Waals surface area contributed by atoms with E-state index in [-0.39, 0.29) is 11.8 Å².